The molecule has 2 rings (SSSR count). The molecular weight excluding hydrogens is 290 g/mol. The van der Waals surface area contributed by atoms with Crippen molar-refractivity contribution in [3.63, 3.8) is 0 Å². The summed E-state index contributed by atoms with van der Waals surface area (Å²) in [5.74, 6) is -1.35. The molecule has 2 atom stereocenters. The topological polar surface area (TPSA) is 57.6 Å². The summed E-state index contributed by atoms with van der Waals surface area (Å²) < 4.78 is 0. The molecule has 2 unspecified atom stereocenters. The number of hydrogen-bond donors (Lipinski definition) is 1. The molecule has 0 saturated carbocycles. The molecule has 0 radical (unpaired) electrons. The van der Waals surface area contributed by atoms with Gasteiger partial charge in [-0.25, -0.2) is 0 Å². The van der Waals surface area contributed by atoms with Gasteiger partial charge in [0.15, 0.2) is 0 Å². The Hall–Kier alpha value is -1.55. The molecule has 1 N–H and O–H groups in total. The van der Waals surface area contributed by atoms with Crippen molar-refractivity contribution in [2.45, 2.75) is 38.6 Å². The predicted octanol–water partition coefficient (Wildman–Crippen LogP) is 2.94. The van der Waals surface area contributed by atoms with Gasteiger partial charge in [-0.15, -0.1) is 0 Å². The van der Waals surface area contributed by atoms with Crippen molar-refractivity contribution in [2.75, 3.05) is 6.54 Å². The number of carboxylic acids is 1. The lowest BCUT2D eigenvalue weighted by molar-refractivity contribution is -0.143. The molecule has 21 heavy (non-hydrogen) atoms. The number of amides is 1. The van der Waals surface area contributed by atoms with Gasteiger partial charge in [0.05, 0.1) is 11.3 Å². The molecule has 114 valence electrons. The second-order valence-corrected chi connectivity index (χ2v) is 6.54. The lowest BCUT2D eigenvalue weighted by Crippen LogP contribution is -2.46. The molecule has 1 aromatic carbocycles. The summed E-state index contributed by atoms with van der Waals surface area (Å²) in [6.07, 6.45) is 0.513. The van der Waals surface area contributed by atoms with Crippen molar-refractivity contribution in [3.8, 4) is 0 Å². The molecule has 1 aliphatic rings. The molecule has 1 amide bonds. The standard InChI is InChI=1S/C16H20ClNO3/c1-10-13(14(19)20)8-9-18(10)15(21)16(2,3)11-4-6-12(17)7-5-11/h4-7,10,13H,8-9H2,1-3H3,(H,19,20). The quantitative estimate of drug-likeness (QED) is 0.934. The first kappa shape index (κ1) is 15.8. The highest BCUT2D eigenvalue weighted by molar-refractivity contribution is 6.30. The number of carbonyl (C=O) groups excluding carboxylic acids is 1. The number of nitrogens with zero attached hydrogens (tertiary/aromatic N) is 1. The minimum atomic E-state index is -0.831. The summed E-state index contributed by atoms with van der Waals surface area (Å²) in [6, 6.07) is 6.94. The summed E-state index contributed by atoms with van der Waals surface area (Å²) in [7, 11) is 0. The van der Waals surface area contributed by atoms with Gasteiger partial charge in [-0.05, 0) is 44.9 Å². The lowest BCUT2D eigenvalue weighted by atomic mass is 9.83. The number of likely N-dealkylation sites (tertiary alicyclic amines) is 1. The second kappa shape index (κ2) is 5.68. The van der Waals surface area contributed by atoms with Crippen molar-refractivity contribution in [2.24, 2.45) is 5.92 Å². The molecule has 0 aliphatic carbocycles. The Kier molecular flexibility index (Phi) is 4.28. The molecular formula is C16H20ClNO3. The van der Waals surface area contributed by atoms with Crippen molar-refractivity contribution < 1.29 is 14.7 Å². The number of rotatable bonds is 3. The van der Waals surface area contributed by atoms with Crippen molar-refractivity contribution >= 4 is 23.5 Å². The van der Waals surface area contributed by atoms with E-state index in [0.717, 1.165) is 5.56 Å². The van der Waals surface area contributed by atoms with Crippen LogP contribution in [0.15, 0.2) is 24.3 Å². The molecule has 0 aromatic heterocycles. The zero-order chi connectivity index (χ0) is 15.8. The summed E-state index contributed by atoms with van der Waals surface area (Å²) in [5.41, 5.74) is 0.176. The number of carbonyl (C=O) groups is 2. The smallest absolute Gasteiger partial charge is 0.308 e. The van der Waals surface area contributed by atoms with Crippen molar-refractivity contribution in [1.82, 2.24) is 4.90 Å². The Morgan fingerprint density at radius 3 is 2.33 bits per heavy atom. The van der Waals surface area contributed by atoms with Crippen LogP contribution in [0.3, 0.4) is 0 Å². The maximum absolute atomic E-state index is 12.8. The average Bonchev–Trinajstić information content (AvgIpc) is 2.80. The Morgan fingerprint density at radius 2 is 1.86 bits per heavy atom. The normalized spacial score (nSPS) is 22.4. The van der Waals surface area contributed by atoms with Gasteiger partial charge in [-0.3, -0.25) is 9.59 Å². The fraction of sp³-hybridized carbons (Fsp3) is 0.500. The summed E-state index contributed by atoms with van der Waals surface area (Å²) >= 11 is 5.88. The number of hydrogen-bond acceptors (Lipinski definition) is 2. The first-order valence-electron chi connectivity index (χ1n) is 7.05. The maximum Gasteiger partial charge on any atom is 0.308 e. The highest BCUT2D eigenvalue weighted by atomic mass is 35.5. The van der Waals surface area contributed by atoms with Crippen LogP contribution in [0.25, 0.3) is 0 Å². The van der Waals surface area contributed by atoms with Gasteiger partial charge in [0.25, 0.3) is 0 Å². The van der Waals surface area contributed by atoms with Crippen LogP contribution in [-0.2, 0) is 15.0 Å². The average molecular weight is 310 g/mol. The van der Waals surface area contributed by atoms with E-state index < -0.39 is 17.3 Å². The third-order valence-corrected chi connectivity index (χ3v) is 4.69. The SMILES string of the molecule is CC1C(C(=O)O)CCN1C(=O)C(C)(C)c1ccc(Cl)cc1. The molecule has 1 saturated heterocycles. The van der Waals surface area contributed by atoms with E-state index in [1.807, 2.05) is 32.9 Å². The Labute approximate surface area is 129 Å². The highest BCUT2D eigenvalue weighted by Crippen LogP contribution is 2.32. The molecule has 1 aromatic rings. The lowest BCUT2D eigenvalue weighted by Gasteiger charge is -2.33. The third kappa shape index (κ3) is 2.91. The van der Waals surface area contributed by atoms with Gasteiger partial charge >= 0.3 is 5.97 Å². The molecule has 5 heteroatoms. The molecule has 1 aliphatic heterocycles. The van der Waals surface area contributed by atoms with Crippen LogP contribution >= 0.6 is 11.6 Å². The van der Waals surface area contributed by atoms with Crippen LogP contribution in [0.5, 0.6) is 0 Å². The van der Waals surface area contributed by atoms with Gasteiger partial charge in [-0.2, -0.15) is 0 Å². The van der Waals surface area contributed by atoms with E-state index in [2.05, 4.69) is 0 Å². The van der Waals surface area contributed by atoms with Crippen LogP contribution in [0.1, 0.15) is 32.8 Å². The van der Waals surface area contributed by atoms with E-state index >= 15 is 0 Å². The minimum absolute atomic E-state index is 0.0407. The number of aliphatic carboxylic acids is 1. The van der Waals surface area contributed by atoms with E-state index in [4.69, 9.17) is 11.6 Å². The molecule has 0 bridgehead atoms. The molecule has 0 spiro atoms. The van der Waals surface area contributed by atoms with Gasteiger partial charge < -0.3 is 10.0 Å². The summed E-state index contributed by atoms with van der Waals surface area (Å²) in [5, 5.41) is 9.81. The van der Waals surface area contributed by atoms with Gasteiger partial charge in [0, 0.05) is 17.6 Å². The number of halogens is 1. The van der Waals surface area contributed by atoms with Crippen LogP contribution in [0.4, 0.5) is 0 Å². The largest absolute Gasteiger partial charge is 0.481 e. The van der Waals surface area contributed by atoms with Gasteiger partial charge in [-0.1, -0.05) is 23.7 Å². The van der Waals surface area contributed by atoms with Crippen LogP contribution < -0.4 is 0 Å². The predicted molar refractivity (Wildman–Crippen MR) is 81.4 cm³/mol. The first-order chi connectivity index (χ1) is 9.75. The Bertz CT molecular complexity index is 553. The van der Waals surface area contributed by atoms with E-state index in [1.54, 1.807) is 17.0 Å². The van der Waals surface area contributed by atoms with Crippen LogP contribution in [-0.4, -0.2) is 34.5 Å². The Morgan fingerprint density at radius 1 is 1.29 bits per heavy atom. The Balaban J connectivity index is 2.23. The molecule has 1 fully saturated rings. The summed E-state index contributed by atoms with van der Waals surface area (Å²) in [6.45, 7) is 6.02. The zero-order valence-corrected chi connectivity index (χ0v) is 13.2. The number of benzene rings is 1. The van der Waals surface area contributed by atoms with Gasteiger partial charge in [0.2, 0.25) is 5.91 Å². The van der Waals surface area contributed by atoms with Crippen molar-refractivity contribution in [3.05, 3.63) is 34.9 Å². The first-order valence-corrected chi connectivity index (χ1v) is 7.43. The van der Waals surface area contributed by atoms with E-state index in [0.29, 0.717) is 18.0 Å². The molecule has 1 heterocycles. The molecule has 4 nitrogen and oxygen atoms in total. The number of carboxylic acid groups (broad SMARTS) is 1. The van der Waals surface area contributed by atoms with Crippen LogP contribution in [0.2, 0.25) is 5.02 Å². The zero-order valence-electron chi connectivity index (χ0n) is 12.5. The third-order valence-electron chi connectivity index (χ3n) is 4.43. The fourth-order valence-electron chi connectivity index (χ4n) is 2.91. The highest BCUT2D eigenvalue weighted by Gasteiger charge is 2.43. The van der Waals surface area contributed by atoms with Crippen molar-refractivity contribution in [1.29, 1.82) is 0 Å². The maximum atomic E-state index is 12.8. The monoisotopic (exact) mass is 309 g/mol. The van der Waals surface area contributed by atoms with E-state index in [-0.39, 0.29) is 11.9 Å². The van der Waals surface area contributed by atoms with Gasteiger partial charge in [0.1, 0.15) is 0 Å². The minimum Gasteiger partial charge on any atom is -0.481 e. The second-order valence-electron chi connectivity index (χ2n) is 6.10. The van der Waals surface area contributed by atoms with E-state index in [1.165, 1.54) is 0 Å². The van der Waals surface area contributed by atoms with E-state index in [9.17, 15) is 14.7 Å². The summed E-state index contributed by atoms with van der Waals surface area (Å²) in [4.78, 5) is 25.7. The fourth-order valence-corrected chi connectivity index (χ4v) is 3.03. The van der Waals surface area contributed by atoms with Crippen LogP contribution in [0, 0.1) is 5.92 Å².